The first kappa shape index (κ1) is 22.0. The molecule has 0 aliphatic rings. The zero-order valence-electron chi connectivity index (χ0n) is 16.8. The van der Waals surface area contributed by atoms with Crippen molar-refractivity contribution >= 4 is 29.3 Å². The van der Waals surface area contributed by atoms with Crippen molar-refractivity contribution in [3.05, 3.63) is 76.4 Å². The summed E-state index contributed by atoms with van der Waals surface area (Å²) in [7, 11) is 1.68. The second kappa shape index (κ2) is 9.39. The zero-order chi connectivity index (χ0) is 22.5. The van der Waals surface area contributed by atoms with E-state index in [9.17, 15) is 19.7 Å². The third-order valence-electron chi connectivity index (χ3n) is 4.82. The third kappa shape index (κ3) is 5.07. The van der Waals surface area contributed by atoms with E-state index in [1.807, 2.05) is 31.2 Å². The Kier molecular flexibility index (Phi) is 6.65. The average molecular weight is 440 g/mol. The molecule has 1 aromatic heterocycles. The SMILES string of the molecule is CC(c1ccc(-n2cncn2)cc1)N(C)C(=O)CSc1ccc(C(N)=O)cc1[N+](=O)[O-]. The molecule has 0 saturated carbocycles. The van der Waals surface area contributed by atoms with Crippen LogP contribution < -0.4 is 5.73 Å². The van der Waals surface area contributed by atoms with Gasteiger partial charge in [-0.1, -0.05) is 12.1 Å². The third-order valence-corrected chi connectivity index (χ3v) is 5.87. The molecule has 2 aromatic carbocycles. The lowest BCUT2D eigenvalue weighted by Gasteiger charge is -2.25. The van der Waals surface area contributed by atoms with Crippen LogP contribution in [0.25, 0.3) is 5.69 Å². The van der Waals surface area contributed by atoms with Crippen molar-refractivity contribution in [3.8, 4) is 5.69 Å². The summed E-state index contributed by atoms with van der Waals surface area (Å²) in [5.41, 5.74) is 6.75. The number of benzene rings is 2. The van der Waals surface area contributed by atoms with E-state index in [-0.39, 0.29) is 29.0 Å². The van der Waals surface area contributed by atoms with Gasteiger partial charge in [0.25, 0.3) is 5.69 Å². The number of hydrogen-bond acceptors (Lipinski definition) is 7. The lowest BCUT2D eigenvalue weighted by molar-refractivity contribution is -0.387. The van der Waals surface area contributed by atoms with E-state index in [1.54, 1.807) is 23.0 Å². The highest BCUT2D eigenvalue weighted by molar-refractivity contribution is 8.00. The number of amides is 2. The Bertz CT molecular complexity index is 1100. The molecule has 0 saturated heterocycles. The summed E-state index contributed by atoms with van der Waals surface area (Å²) in [6.45, 7) is 1.90. The van der Waals surface area contributed by atoms with Gasteiger partial charge in [-0.15, -0.1) is 11.8 Å². The predicted molar refractivity (Wildman–Crippen MR) is 115 cm³/mol. The van der Waals surface area contributed by atoms with Crippen molar-refractivity contribution in [2.24, 2.45) is 5.73 Å². The van der Waals surface area contributed by atoms with E-state index < -0.39 is 10.8 Å². The highest BCUT2D eigenvalue weighted by Gasteiger charge is 2.21. The second-order valence-corrected chi connectivity index (χ2v) is 7.72. The number of nitro groups is 1. The molecule has 2 N–H and O–H groups in total. The molecule has 0 aliphatic heterocycles. The van der Waals surface area contributed by atoms with Crippen LogP contribution in [0.5, 0.6) is 0 Å². The Hall–Kier alpha value is -3.73. The Morgan fingerprint density at radius 3 is 2.55 bits per heavy atom. The molecule has 11 heteroatoms. The van der Waals surface area contributed by atoms with Gasteiger partial charge in [0.05, 0.1) is 27.3 Å². The fourth-order valence-corrected chi connectivity index (χ4v) is 3.79. The second-order valence-electron chi connectivity index (χ2n) is 6.70. The normalized spacial score (nSPS) is 11.7. The van der Waals surface area contributed by atoms with Crippen LogP contribution in [0.4, 0.5) is 5.69 Å². The van der Waals surface area contributed by atoms with Crippen molar-refractivity contribution in [2.75, 3.05) is 12.8 Å². The summed E-state index contributed by atoms with van der Waals surface area (Å²) in [5, 5.41) is 15.4. The minimum absolute atomic E-state index is 0.00857. The summed E-state index contributed by atoms with van der Waals surface area (Å²) >= 11 is 1.04. The van der Waals surface area contributed by atoms with Gasteiger partial charge in [-0.05, 0) is 36.8 Å². The number of aromatic nitrogens is 3. The molecule has 0 radical (unpaired) electrons. The van der Waals surface area contributed by atoms with Gasteiger partial charge in [0, 0.05) is 18.7 Å². The van der Waals surface area contributed by atoms with Crippen LogP contribution >= 0.6 is 11.8 Å². The first-order valence-electron chi connectivity index (χ1n) is 9.19. The number of carbonyl (C=O) groups is 2. The molecule has 0 spiro atoms. The number of carbonyl (C=O) groups excluding carboxylic acids is 2. The Balaban J connectivity index is 1.66. The van der Waals surface area contributed by atoms with Crippen molar-refractivity contribution in [1.82, 2.24) is 19.7 Å². The maximum atomic E-state index is 12.7. The average Bonchev–Trinajstić information content (AvgIpc) is 3.31. The van der Waals surface area contributed by atoms with E-state index in [0.29, 0.717) is 4.90 Å². The van der Waals surface area contributed by atoms with Gasteiger partial charge in [-0.25, -0.2) is 9.67 Å². The predicted octanol–water partition coefficient (Wildman–Crippen LogP) is 2.59. The molecule has 0 aliphatic carbocycles. The highest BCUT2D eigenvalue weighted by atomic mass is 32.2. The number of thioether (sulfide) groups is 1. The van der Waals surface area contributed by atoms with Gasteiger partial charge in [0.2, 0.25) is 11.8 Å². The number of nitrogens with two attached hydrogens (primary N) is 1. The summed E-state index contributed by atoms with van der Waals surface area (Å²) in [6.07, 6.45) is 3.05. The molecule has 0 fully saturated rings. The monoisotopic (exact) mass is 440 g/mol. The van der Waals surface area contributed by atoms with Crippen molar-refractivity contribution in [1.29, 1.82) is 0 Å². The van der Waals surface area contributed by atoms with Crippen LogP contribution in [-0.4, -0.2) is 49.2 Å². The molecule has 1 heterocycles. The Morgan fingerprint density at radius 1 is 1.26 bits per heavy atom. The van der Waals surface area contributed by atoms with Gasteiger partial charge in [-0.3, -0.25) is 19.7 Å². The number of nitro benzene ring substituents is 1. The molecule has 1 unspecified atom stereocenters. The summed E-state index contributed by atoms with van der Waals surface area (Å²) in [5.74, 6) is -0.931. The number of hydrogen-bond donors (Lipinski definition) is 1. The molecule has 0 bridgehead atoms. The Morgan fingerprint density at radius 2 is 1.97 bits per heavy atom. The minimum atomic E-state index is -0.751. The molecule has 3 rings (SSSR count). The maximum Gasteiger partial charge on any atom is 0.283 e. The summed E-state index contributed by atoms with van der Waals surface area (Å²) < 4.78 is 1.64. The zero-order valence-corrected chi connectivity index (χ0v) is 17.7. The summed E-state index contributed by atoms with van der Waals surface area (Å²) in [4.78, 5) is 40.5. The molecular weight excluding hydrogens is 420 g/mol. The molecule has 2 amide bonds. The van der Waals surface area contributed by atoms with Crippen molar-refractivity contribution < 1.29 is 14.5 Å². The smallest absolute Gasteiger partial charge is 0.283 e. The molecule has 10 nitrogen and oxygen atoms in total. The topological polar surface area (TPSA) is 137 Å². The van der Waals surface area contributed by atoms with Crippen LogP contribution in [0.3, 0.4) is 0 Å². The van der Waals surface area contributed by atoms with Crippen molar-refractivity contribution in [2.45, 2.75) is 17.9 Å². The maximum absolute atomic E-state index is 12.7. The molecule has 3 aromatic rings. The van der Waals surface area contributed by atoms with Crippen LogP contribution in [0.2, 0.25) is 0 Å². The van der Waals surface area contributed by atoms with E-state index >= 15 is 0 Å². The molecule has 31 heavy (non-hydrogen) atoms. The fourth-order valence-electron chi connectivity index (χ4n) is 2.86. The highest BCUT2D eigenvalue weighted by Crippen LogP contribution is 2.31. The summed E-state index contributed by atoms with van der Waals surface area (Å²) in [6, 6.07) is 11.4. The quantitative estimate of drug-likeness (QED) is 0.323. The van der Waals surface area contributed by atoms with Gasteiger partial charge in [0.1, 0.15) is 12.7 Å². The molecule has 160 valence electrons. The first-order valence-corrected chi connectivity index (χ1v) is 10.2. The number of nitrogens with zero attached hydrogens (tertiary/aromatic N) is 5. The number of primary amides is 1. The van der Waals surface area contributed by atoms with Crippen LogP contribution in [0.1, 0.15) is 28.9 Å². The van der Waals surface area contributed by atoms with Gasteiger partial charge in [0.15, 0.2) is 0 Å². The van der Waals surface area contributed by atoms with E-state index in [1.165, 1.54) is 18.5 Å². The lowest BCUT2D eigenvalue weighted by atomic mass is 10.1. The van der Waals surface area contributed by atoms with Crippen LogP contribution in [0, 0.1) is 10.1 Å². The van der Waals surface area contributed by atoms with E-state index in [4.69, 9.17) is 5.73 Å². The van der Waals surface area contributed by atoms with Crippen LogP contribution in [-0.2, 0) is 4.79 Å². The van der Waals surface area contributed by atoms with E-state index in [2.05, 4.69) is 10.1 Å². The molecule has 1 atom stereocenters. The standard InChI is InChI=1S/C20H20N6O4S/c1-13(14-3-6-16(7-4-14)25-12-22-11-23-25)24(2)19(27)10-31-18-8-5-15(20(21)28)9-17(18)26(29)30/h3-9,11-13H,10H2,1-2H3,(H2,21,28). The molecular formula is C20H20N6O4S. The Labute approximate surface area is 182 Å². The minimum Gasteiger partial charge on any atom is -0.366 e. The van der Waals surface area contributed by atoms with Crippen molar-refractivity contribution in [3.63, 3.8) is 0 Å². The number of rotatable bonds is 8. The van der Waals surface area contributed by atoms with Gasteiger partial charge < -0.3 is 10.6 Å². The largest absolute Gasteiger partial charge is 0.366 e. The lowest BCUT2D eigenvalue weighted by Crippen LogP contribution is -2.31. The van der Waals surface area contributed by atoms with Crippen LogP contribution in [0.15, 0.2) is 60.0 Å². The van der Waals surface area contributed by atoms with Gasteiger partial charge in [-0.2, -0.15) is 5.10 Å². The van der Waals surface area contributed by atoms with E-state index in [0.717, 1.165) is 29.1 Å². The van der Waals surface area contributed by atoms with Gasteiger partial charge >= 0.3 is 0 Å². The fraction of sp³-hybridized carbons (Fsp3) is 0.200. The first-order chi connectivity index (χ1) is 14.8.